The largest absolute Gasteiger partial charge is 0.309 e. The molecule has 6 nitrogen and oxygen atoms in total. The lowest BCUT2D eigenvalue weighted by atomic mass is 10.0. The van der Waals surface area contributed by atoms with Crippen LogP contribution in [-0.4, -0.2) is 28.7 Å². The predicted octanol–water partition coefficient (Wildman–Crippen LogP) is 15.8. The van der Waals surface area contributed by atoms with Gasteiger partial charge in [0.05, 0.1) is 33.1 Å². The molecule has 0 bridgehead atoms. The van der Waals surface area contributed by atoms with Crippen molar-refractivity contribution in [3.8, 4) is 62.4 Å². The molecule has 0 unspecified atom stereocenters. The topological polar surface area (TPSA) is 53.5 Å². The minimum atomic E-state index is 0.598. The van der Waals surface area contributed by atoms with E-state index in [0.29, 0.717) is 17.5 Å². The normalized spacial score (nSPS) is 11.8. The van der Waals surface area contributed by atoms with Crippen molar-refractivity contribution >= 4 is 65.4 Å². The van der Waals surface area contributed by atoms with Crippen LogP contribution in [0.2, 0.25) is 0 Å². The van der Waals surface area contributed by atoms with Gasteiger partial charge in [0.25, 0.3) is 0 Å². The molecule has 14 aromatic rings. The van der Waals surface area contributed by atoms with E-state index in [4.69, 9.17) is 15.0 Å². The number of hydrogen-bond acceptors (Lipinski definition) is 3. The number of hydrogen-bond donors (Lipinski definition) is 0. The first kappa shape index (κ1) is 38.8. The number of fused-ring (bicyclic) bond motifs is 9. The summed E-state index contributed by atoms with van der Waals surface area (Å²) < 4.78 is 7.12. The molecule has 4 heterocycles. The Bertz CT molecular complexity index is 4240. The van der Waals surface area contributed by atoms with Gasteiger partial charge in [-0.15, -0.1) is 0 Å². The van der Waals surface area contributed by atoms with Crippen molar-refractivity contribution in [2.24, 2.45) is 0 Å². The SMILES string of the molecule is c1ccc(-c2ccc(-c3nc(-c4cccc(-n5c6ccccc6c6ccccc65)c4)nc(-c4cccc(-n5c6ccccc6c6cc7c(cc65)c5ccccc5n7-c5ccccc5)c4)n3)cc2)cc1. The highest BCUT2D eigenvalue weighted by Crippen LogP contribution is 2.41. The first-order valence-corrected chi connectivity index (χ1v) is 23.4. The van der Waals surface area contributed by atoms with Gasteiger partial charge in [-0.3, -0.25) is 0 Å². The molecular formula is C63H40N6. The maximum atomic E-state index is 5.32. The Morgan fingerprint density at radius 1 is 0.203 bits per heavy atom. The molecule has 69 heavy (non-hydrogen) atoms. The molecule has 0 fully saturated rings. The molecule has 10 aromatic carbocycles. The standard InChI is InChI=1S/C63H40N6/c1-3-17-41(18-4-1)42-33-35-43(36-34-42)61-64-62(44-19-15-23-47(37-44)68-55-29-11-7-25-49(55)50-26-8-12-30-56(50)68)66-63(65-61)45-20-16-24-48(38-45)69-58-32-14-10-28-52(58)54-39-59-53(40-60(54)69)51-27-9-13-31-57(51)67(59)46-21-5-2-6-22-46/h1-40H. The maximum Gasteiger partial charge on any atom is 0.164 e. The molecule has 0 amide bonds. The third kappa shape index (κ3) is 6.30. The van der Waals surface area contributed by atoms with Gasteiger partial charge in [-0.25, -0.2) is 15.0 Å². The van der Waals surface area contributed by atoms with Crippen LogP contribution >= 0.6 is 0 Å². The van der Waals surface area contributed by atoms with Crippen molar-refractivity contribution < 1.29 is 0 Å². The first-order chi connectivity index (χ1) is 34.2. The molecule has 0 saturated heterocycles. The van der Waals surface area contributed by atoms with Gasteiger partial charge in [0.15, 0.2) is 17.5 Å². The molecule has 0 aliphatic rings. The van der Waals surface area contributed by atoms with E-state index in [9.17, 15) is 0 Å². The van der Waals surface area contributed by atoms with Crippen molar-refractivity contribution in [1.29, 1.82) is 0 Å². The van der Waals surface area contributed by atoms with Crippen LogP contribution in [0.15, 0.2) is 243 Å². The number of nitrogens with zero attached hydrogens (tertiary/aromatic N) is 6. The molecule has 0 atom stereocenters. The third-order valence-corrected chi connectivity index (χ3v) is 13.7. The lowest BCUT2D eigenvalue weighted by molar-refractivity contribution is 1.07. The van der Waals surface area contributed by atoms with Gasteiger partial charge in [0.2, 0.25) is 0 Å². The number of rotatable bonds is 7. The van der Waals surface area contributed by atoms with Gasteiger partial charge < -0.3 is 13.7 Å². The Morgan fingerprint density at radius 2 is 0.522 bits per heavy atom. The Kier molecular flexibility index (Phi) is 8.79. The van der Waals surface area contributed by atoms with Crippen LogP contribution < -0.4 is 0 Å². The Hall–Kier alpha value is -9.39. The smallest absolute Gasteiger partial charge is 0.164 e. The number of para-hydroxylation sites is 5. The molecule has 0 saturated carbocycles. The molecule has 0 aliphatic carbocycles. The molecule has 0 aliphatic heterocycles. The molecule has 0 N–H and O–H groups in total. The van der Waals surface area contributed by atoms with Gasteiger partial charge in [-0.2, -0.15) is 0 Å². The van der Waals surface area contributed by atoms with E-state index in [1.54, 1.807) is 0 Å². The summed E-state index contributed by atoms with van der Waals surface area (Å²) in [5.74, 6) is 1.81. The fourth-order valence-electron chi connectivity index (χ4n) is 10.5. The second-order valence-corrected chi connectivity index (χ2v) is 17.6. The van der Waals surface area contributed by atoms with Crippen LogP contribution in [0.4, 0.5) is 0 Å². The van der Waals surface area contributed by atoms with E-state index in [-0.39, 0.29) is 0 Å². The Labute approximate surface area is 397 Å². The minimum Gasteiger partial charge on any atom is -0.309 e. The maximum absolute atomic E-state index is 5.32. The van der Waals surface area contributed by atoms with Crippen LogP contribution in [0, 0.1) is 0 Å². The van der Waals surface area contributed by atoms with E-state index in [0.717, 1.165) is 66.9 Å². The highest BCUT2D eigenvalue weighted by Gasteiger charge is 2.20. The average Bonchev–Trinajstić information content (AvgIpc) is 4.06. The summed E-state index contributed by atoms with van der Waals surface area (Å²) in [6, 6.07) is 86.2. The molecule has 4 aromatic heterocycles. The molecule has 322 valence electrons. The summed E-state index contributed by atoms with van der Waals surface area (Å²) in [6.45, 7) is 0. The predicted molar refractivity (Wildman–Crippen MR) is 285 cm³/mol. The van der Waals surface area contributed by atoms with Gasteiger partial charge in [0, 0.05) is 66.1 Å². The van der Waals surface area contributed by atoms with Crippen LogP contribution in [0.5, 0.6) is 0 Å². The summed E-state index contributed by atoms with van der Waals surface area (Å²) in [5, 5.41) is 7.23. The van der Waals surface area contributed by atoms with E-state index in [1.165, 1.54) is 43.4 Å². The van der Waals surface area contributed by atoms with Crippen LogP contribution in [-0.2, 0) is 0 Å². The molecule has 6 heteroatoms. The second-order valence-electron chi connectivity index (χ2n) is 17.6. The van der Waals surface area contributed by atoms with Crippen molar-refractivity contribution in [3.63, 3.8) is 0 Å². The zero-order valence-electron chi connectivity index (χ0n) is 37.3. The number of benzene rings is 10. The van der Waals surface area contributed by atoms with Gasteiger partial charge in [-0.05, 0) is 83.9 Å². The molecule has 0 radical (unpaired) electrons. The van der Waals surface area contributed by atoms with Crippen molar-refractivity contribution in [1.82, 2.24) is 28.7 Å². The van der Waals surface area contributed by atoms with Gasteiger partial charge >= 0.3 is 0 Å². The first-order valence-electron chi connectivity index (χ1n) is 23.4. The average molecular weight is 881 g/mol. The lowest BCUT2D eigenvalue weighted by Crippen LogP contribution is -2.02. The zero-order valence-corrected chi connectivity index (χ0v) is 37.3. The van der Waals surface area contributed by atoms with Crippen molar-refractivity contribution in [2.75, 3.05) is 0 Å². The van der Waals surface area contributed by atoms with E-state index in [2.05, 4.69) is 250 Å². The minimum absolute atomic E-state index is 0.598. The number of aromatic nitrogens is 6. The van der Waals surface area contributed by atoms with Crippen LogP contribution in [0.1, 0.15) is 0 Å². The van der Waals surface area contributed by atoms with Crippen molar-refractivity contribution in [2.45, 2.75) is 0 Å². The fraction of sp³-hybridized carbons (Fsp3) is 0. The molecule has 0 spiro atoms. The van der Waals surface area contributed by atoms with E-state index >= 15 is 0 Å². The van der Waals surface area contributed by atoms with E-state index in [1.807, 2.05) is 6.07 Å². The highest BCUT2D eigenvalue weighted by molar-refractivity contribution is 6.19. The lowest BCUT2D eigenvalue weighted by Gasteiger charge is -2.13. The summed E-state index contributed by atoms with van der Waals surface area (Å²) >= 11 is 0. The van der Waals surface area contributed by atoms with Crippen LogP contribution in [0.25, 0.3) is 128 Å². The monoisotopic (exact) mass is 880 g/mol. The molecule has 14 rings (SSSR count). The Morgan fingerprint density at radius 3 is 1.00 bits per heavy atom. The Balaban J connectivity index is 0.952. The second kappa shape index (κ2) is 15.6. The van der Waals surface area contributed by atoms with Gasteiger partial charge in [0.1, 0.15) is 0 Å². The summed E-state index contributed by atoms with van der Waals surface area (Å²) in [7, 11) is 0. The van der Waals surface area contributed by atoms with Crippen LogP contribution in [0.3, 0.4) is 0 Å². The third-order valence-electron chi connectivity index (χ3n) is 13.7. The van der Waals surface area contributed by atoms with Crippen molar-refractivity contribution in [3.05, 3.63) is 243 Å². The van der Waals surface area contributed by atoms with Gasteiger partial charge in [-0.1, -0.05) is 170 Å². The molecular weight excluding hydrogens is 841 g/mol. The fourth-order valence-corrected chi connectivity index (χ4v) is 10.5. The van der Waals surface area contributed by atoms with E-state index < -0.39 is 0 Å². The summed E-state index contributed by atoms with van der Waals surface area (Å²) in [4.78, 5) is 15.8. The highest BCUT2D eigenvalue weighted by atomic mass is 15.0. The zero-order chi connectivity index (χ0) is 45.4. The quantitative estimate of drug-likeness (QED) is 0.160. The summed E-state index contributed by atoms with van der Waals surface area (Å²) in [6.07, 6.45) is 0. The summed E-state index contributed by atoms with van der Waals surface area (Å²) in [5.41, 5.74) is 15.1.